The number of halogens is 2. The monoisotopic (exact) mass is 501 g/mol. The van der Waals surface area contributed by atoms with Crippen molar-refractivity contribution in [3.8, 4) is 11.1 Å². The Morgan fingerprint density at radius 1 is 1.03 bits per heavy atom. The van der Waals surface area contributed by atoms with E-state index in [1.54, 1.807) is 74.3 Å². The maximum absolute atomic E-state index is 13.5. The molecule has 0 saturated heterocycles. The van der Waals surface area contributed by atoms with E-state index in [1.807, 2.05) is 0 Å². The van der Waals surface area contributed by atoms with Crippen LogP contribution in [0.2, 0.25) is 10.0 Å². The molecule has 0 unspecified atom stereocenters. The highest BCUT2D eigenvalue weighted by Crippen LogP contribution is 2.38. The average Bonchev–Trinajstić information content (AvgIpc) is 3.37. The third-order valence-electron chi connectivity index (χ3n) is 5.05. The second-order valence-corrected chi connectivity index (χ2v) is 9.22. The number of fused-ring (bicyclic) bond motifs is 1. The van der Waals surface area contributed by atoms with E-state index in [4.69, 9.17) is 28.4 Å². The van der Waals surface area contributed by atoms with E-state index in [-0.39, 0.29) is 27.1 Å². The van der Waals surface area contributed by atoms with Crippen LogP contribution in [0.5, 0.6) is 0 Å². The molecule has 0 atom stereocenters. The van der Waals surface area contributed by atoms with Crippen LogP contribution in [0.1, 0.15) is 30.4 Å². The molecule has 2 aromatic carbocycles. The smallest absolute Gasteiger partial charge is 0.274 e. The number of hydrogen-bond donors (Lipinski definition) is 2. The van der Waals surface area contributed by atoms with E-state index in [9.17, 15) is 14.4 Å². The minimum atomic E-state index is -0.636. The fraction of sp³-hybridized carbons (Fsp3) is 0.0870. The summed E-state index contributed by atoms with van der Waals surface area (Å²) in [4.78, 5) is 39.7. The number of hydroxylamine groups is 1. The van der Waals surface area contributed by atoms with Gasteiger partial charge in [-0.1, -0.05) is 41.4 Å². The van der Waals surface area contributed by atoms with Crippen molar-refractivity contribution in [2.75, 3.05) is 14.1 Å². The molecule has 33 heavy (non-hydrogen) atoms. The average molecular weight is 502 g/mol. The van der Waals surface area contributed by atoms with Gasteiger partial charge in [-0.05, 0) is 35.9 Å². The number of amides is 2. The van der Waals surface area contributed by atoms with Crippen LogP contribution in [0.15, 0.2) is 54.7 Å². The lowest BCUT2D eigenvalue weighted by molar-refractivity contribution is 0.0706. The molecule has 0 fully saturated rings. The van der Waals surface area contributed by atoms with Gasteiger partial charge in [-0.2, -0.15) is 0 Å². The third-order valence-corrected chi connectivity index (χ3v) is 6.82. The van der Waals surface area contributed by atoms with Crippen molar-refractivity contribution in [2.24, 2.45) is 0 Å². The number of benzene rings is 2. The van der Waals surface area contributed by atoms with Gasteiger partial charge in [0.1, 0.15) is 0 Å². The van der Waals surface area contributed by atoms with Gasteiger partial charge in [0.25, 0.3) is 17.7 Å². The molecular formula is C23H17Cl2N3O4S. The van der Waals surface area contributed by atoms with Crippen LogP contribution in [0.4, 0.5) is 0 Å². The predicted molar refractivity (Wildman–Crippen MR) is 129 cm³/mol. The molecule has 7 nitrogen and oxygen atoms in total. The summed E-state index contributed by atoms with van der Waals surface area (Å²) in [7, 11) is 3.31. The topological polar surface area (TPSA) is 91.6 Å². The number of nitrogens with zero attached hydrogens (tertiary/aromatic N) is 2. The summed E-state index contributed by atoms with van der Waals surface area (Å²) in [5.41, 5.74) is 3.97. The number of aromatic nitrogens is 1. The Bertz CT molecular complexity index is 1390. The lowest BCUT2D eigenvalue weighted by atomic mass is 10.1. The molecule has 168 valence electrons. The predicted octanol–water partition coefficient (Wildman–Crippen LogP) is 5.19. The first-order valence-corrected chi connectivity index (χ1v) is 11.2. The molecule has 4 rings (SSSR count). The molecule has 0 aliphatic heterocycles. The number of nitrogens with one attached hydrogen (secondary N) is 1. The van der Waals surface area contributed by atoms with Gasteiger partial charge >= 0.3 is 0 Å². The van der Waals surface area contributed by atoms with Crippen molar-refractivity contribution >= 4 is 62.5 Å². The van der Waals surface area contributed by atoms with Crippen LogP contribution in [0.25, 0.3) is 21.3 Å². The van der Waals surface area contributed by atoms with E-state index in [0.29, 0.717) is 16.0 Å². The number of carbonyl (C=O) groups is 3. The molecule has 0 aliphatic rings. The van der Waals surface area contributed by atoms with Crippen molar-refractivity contribution in [3.63, 3.8) is 0 Å². The molecule has 10 heteroatoms. The van der Waals surface area contributed by atoms with Crippen molar-refractivity contribution < 1.29 is 19.6 Å². The zero-order chi connectivity index (χ0) is 23.9. The lowest BCUT2D eigenvalue weighted by Crippen LogP contribution is -2.20. The molecule has 0 aliphatic carbocycles. The fourth-order valence-electron chi connectivity index (χ4n) is 3.40. The van der Waals surface area contributed by atoms with Crippen molar-refractivity contribution in [3.05, 3.63) is 80.8 Å². The minimum Gasteiger partial charge on any atom is -0.344 e. The molecule has 2 aromatic heterocycles. The molecule has 0 bridgehead atoms. The summed E-state index contributed by atoms with van der Waals surface area (Å²) in [6.07, 6.45) is 1.66. The van der Waals surface area contributed by atoms with E-state index >= 15 is 0 Å². The Morgan fingerprint density at radius 3 is 2.24 bits per heavy atom. The van der Waals surface area contributed by atoms with Crippen LogP contribution in [0, 0.1) is 0 Å². The third kappa shape index (κ3) is 4.14. The minimum absolute atomic E-state index is 0.158. The number of thiophene rings is 1. The van der Waals surface area contributed by atoms with Crippen LogP contribution in [0.3, 0.4) is 0 Å². The lowest BCUT2D eigenvalue weighted by Gasteiger charge is -2.09. The summed E-state index contributed by atoms with van der Waals surface area (Å²) in [6.45, 7) is 0. The highest BCUT2D eigenvalue weighted by atomic mass is 35.5. The van der Waals surface area contributed by atoms with Crippen molar-refractivity contribution in [1.29, 1.82) is 0 Å². The SMILES string of the molecule is CN(C)C(=O)c1cc2c(s1)c(-c1ccc(C(=O)NO)cc1)cn2C(=O)c1c(Cl)cccc1Cl. The zero-order valence-electron chi connectivity index (χ0n) is 17.4. The molecule has 2 heterocycles. The van der Waals surface area contributed by atoms with Gasteiger partial charge in [-0.15, -0.1) is 11.3 Å². The van der Waals surface area contributed by atoms with E-state index in [0.717, 1.165) is 10.3 Å². The Kier molecular flexibility index (Phi) is 6.27. The Labute approximate surface area is 202 Å². The molecule has 2 amide bonds. The Morgan fingerprint density at radius 2 is 1.67 bits per heavy atom. The zero-order valence-corrected chi connectivity index (χ0v) is 19.8. The standard InChI is InChI=1S/C23H17Cl2N3O4S/c1-27(2)22(30)18-10-17-20(33-18)14(12-6-8-13(9-7-12)21(29)26-32)11-28(17)23(31)19-15(24)4-3-5-16(19)25/h3-11,32H,1-2H3,(H,26,29). The van der Waals surface area contributed by atoms with Crippen LogP contribution in [-0.4, -0.2) is 46.5 Å². The summed E-state index contributed by atoms with van der Waals surface area (Å²) >= 11 is 13.8. The fourth-order valence-corrected chi connectivity index (χ4v) is 5.16. The van der Waals surface area contributed by atoms with Gasteiger partial charge in [0.2, 0.25) is 0 Å². The van der Waals surface area contributed by atoms with E-state index < -0.39 is 11.8 Å². The summed E-state index contributed by atoms with van der Waals surface area (Å²) in [5.74, 6) is -1.26. The first-order valence-electron chi connectivity index (χ1n) is 9.63. The quantitative estimate of drug-likeness (QED) is 0.297. The van der Waals surface area contributed by atoms with E-state index in [1.165, 1.54) is 20.8 Å². The molecule has 2 N–H and O–H groups in total. The molecule has 4 aromatic rings. The van der Waals surface area contributed by atoms with Crippen LogP contribution in [-0.2, 0) is 0 Å². The first-order chi connectivity index (χ1) is 15.7. The van der Waals surface area contributed by atoms with Crippen molar-refractivity contribution in [1.82, 2.24) is 14.9 Å². The van der Waals surface area contributed by atoms with Gasteiger partial charge in [-0.3, -0.25) is 24.2 Å². The van der Waals surface area contributed by atoms with Crippen LogP contribution < -0.4 is 5.48 Å². The molecule has 0 radical (unpaired) electrons. The molecular weight excluding hydrogens is 485 g/mol. The summed E-state index contributed by atoms with van der Waals surface area (Å²) in [6, 6.07) is 13.0. The highest BCUT2D eigenvalue weighted by molar-refractivity contribution is 7.21. The van der Waals surface area contributed by atoms with Gasteiger partial charge in [-0.25, -0.2) is 5.48 Å². The van der Waals surface area contributed by atoms with E-state index in [2.05, 4.69) is 0 Å². The number of rotatable bonds is 4. The maximum Gasteiger partial charge on any atom is 0.274 e. The summed E-state index contributed by atoms with van der Waals surface area (Å²) in [5, 5.41) is 9.27. The van der Waals surface area contributed by atoms with Gasteiger partial charge in [0.15, 0.2) is 0 Å². The van der Waals surface area contributed by atoms with Crippen LogP contribution >= 0.6 is 34.5 Å². The van der Waals surface area contributed by atoms with Gasteiger partial charge < -0.3 is 4.90 Å². The van der Waals surface area contributed by atoms with Crippen molar-refractivity contribution in [2.45, 2.75) is 0 Å². The number of carbonyl (C=O) groups excluding carboxylic acids is 3. The Hall–Kier alpha value is -3.17. The normalized spacial score (nSPS) is 10.9. The van der Waals surface area contributed by atoms with Gasteiger partial charge in [0.05, 0.1) is 30.7 Å². The second kappa shape index (κ2) is 8.99. The second-order valence-electron chi connectivity index (χ2n) is 7.36. The largest absolute Gasteiger partial charge is 0.344 e. The highest BCUT2D eigenvalue weighted by Gasteiger charge is 2.24. The molecule has 0 saturated carbocycles. The first kappa shape index (κ1) is 23.0. The summed E-state index contributed by atoms with van der Waals surface area (Å²) < 4.78 is 2.14. The van der Waals surface area contributed by atoms with Gasteiger partial charge in [0, 0.05) is 31.4 Å². The molecule has 0 spiro atoms. The number of hydrogen-bond acceptors (Lipinski definition) is 5. The Balaban J connectivity index is 1.91. The maximum atomic E-state index is 13.5.